The molecule has 7 heteroatoms. The normalized spacial score (nSPS) is 23.2. The highest BCUT2D eigenvalue weighted by Crippen LogP contribution is 2.39. The van der Waals surface area contributed by atoms with E-state index < -0.39 is 11.1 Å². The van der Waals surface area contributed by atoms with Gasteiger partial charge in [-0.05, 0) is 64.3 Å². The number of methoxy groups -OCH3 is 1. The van der Waals surface area contributed by atoms with Crippen LogP contribution in [0, 0.1) is 0 Å². The Kier molecular flexibility index (Phi) is 5.46. The maximum Gasteiger partial charge on any atom is 0.410 e. The number of rotatable bonds is 2. The van der Waals surface area contributed by atoms with Crippen molar-refractivity contribution in [2.75, 3.05) is 38.8 Å². The number of hydrogen-bond donors (Lipinski definition) is 0. The summed E-state index contributed by atoms with van der Waals surface area (Å²) in [5.41, 5.74) is -0.163. The minimum atomic E-state index is -0.625. The molecule has 0 bridgehead atoms. The summed E-state index contributed by atoms with van der Waals surface area (Å²) in [4.78, 5) is 31.4. The third-order valence-electron chi connectivity index (χ3n) is 5.46. The number of carbonyl (C=O) groups excluding carboxylic acids is 2. The Morgan fingerprint density at radius 2 is 1.79 bits per heavy atom. The molecule has 0 radical (unpaired) electrons. The Bertz CT molecular complexity index is 728. The van der Waals surface area contributed by atoms with Crippen molar-refractivity contribution in [3.8, 4) is 5.75 Å². The van der Waals surface area contributed by atoms with Crippen LogP contribution in [0.4, 0.5) is 10.5 Å². The van der Waals surface area contributed by atoms with E-state index in [1.54, 1.807) is 16.9 Å². The predicted molar refractivity (Wildman–Crippen MR) is 107 cm³/mol. The van der Waals surface area contributed by atoms with Crippen molar-refractivity contribution in [1.29, 1.82) is 0 Å². The van der Waals surface area contributed by atoms with Crippen LogP contribution in [0.1, 0.15) is 40.0 Å². The Morgan fingerprint density at radius 3 is 2.39 bits per heavy atom. The third kappa shape index (κ3) is 3.88. The summed E-state index contributed by atoms with van der Waals surface area (Å²) in [6.45, 7) is 7.24. The van der Waals surface area contributed by atoms with Crippen LogP contribution < -0.4 is 9.64 Å². The smallest absolute Gasteiger partial charge is 0.410 e. The second kappa shape index (κ2) is 7.53. The number of benzene rings is 1. The Morgan fingerprint density at radius 1 is 1.11 bits per heavy atom. The van der Waals surface area contributed by atoms with Crippen molar-refractivity contribution in [2.24, 2.45) is 0 Å². The lowest BCUT2D eigenvalue weighted by atomic mass is 9.88. The zero-order chi connectivity index (χ0) is 20.5. The monoisotopic (exact) mass is 389 g/mol. The van der Waals surface area contributed by atoms with E-state index in [9.17, 15) is 9.59 Å². The van der Waals surface area contributed by atoms with Crippen LogP contribution in [0.5, 0.6) is 5.75 Å². The summed E-state index contributed by atoms with van der Waals surface area (Å²) in [6, 6.07) is 7.80. The number of anilines is 1. The molecule has 1 atom stereocenters. The molecule has 2 heterocycles. The lowest BCUT2D eigenvalue weighted by Crippen LogP contribution is -2.50. The largest absolute Gasteiger partial charge is 0.497 e. The topological polar surface area (TPSA) is 62.3 Å². The number of ether oxygens (including phenoxy) is 2. The second-order valence-electron chi connectivity index (χ2n) is 8.62. The fourth-order valence-electron chi connectivity index (χ4n) is 4.09. The summed E-state index contributed by atoms with van der Waals surface area (Å²) in [7, 11) is 3.48. The number of carbonyl (C=O) groups is 2. The highest BCUT2D eigenvalue weighted by molar-refractivity contribution is 5.93. The van der Waals surface area contributed by atoms with Crippen LogP contribution in [0.2, 0.25) is 0 Å². The molecule has 7 nitrogen and oxygen atoms in total. The first-order valence-corrected chi connectivity index (χ1v) is 9.81. The first-order valence-electron chi connectivity index (χ1n) is 9.81. The molecule has 1 aromatic carbocycles. The van der Waals surface area contributed by atoms with Gasteiger partial charge in [-0.1, -0.05) is 0 Å². The van der Waals surface area contributed by atoms with Gasteiger partial charge in [-0.3, -0.25) is 4.79 Å². The lowest BCUT2D eigenvalue weighted by Gasteiger charge is -2.36. The van der Waals surface area contributed by atoms with Gasteiger partial charge < -0.3 is 24.2 Å². The number of hydrogen-bond acceptors (Lipinski definition) is 5. The van der Waals surface area contributed by atoms with E-state index >= 15 is 0 Å². The van der Waals surface area contributed by atoms with Crippen LogP contribution in [0.15, 0.2) is 24.3 Å². The van der Waals surface area contributed by atoms with Crippen LogP contribution in [-0.4, -0.2) is 66.9 Å². The molecule has 0 aromatic heterocycles. The maximum atomic E-state index is 13.2. The molecule has 2 aliphatic heterocycles. The Balaban J connectivity index is 1.83. The van der Waals surface area contributed by atoms with E-state index in [0.29, 0.717) is 32.6 Å². The highest BCUT2D eigenvalue weighted by Gasteiger charge is 2.52. The van der Waals surface area contributed by atoms with Gasteiger partial charge in [0, 0.05) is 25.8 Å². The molecule has 2 aliphatic rings. The molecule has 2 amide bonds. The van der Waals surface area contributed by atoms with E-state index in [0.717, 1.165) is 17.9 Å². The molecule has 3 rings (SSSR count). The molecule has 1 unspecified atom stereocenters. The highest BCUT2D eigenvalue weighted by atomic mass is 16.6. The van der Waals surface area contributed by atoms with Crippen molar-refractivity contribution in [2.45, 2.75) is 51.2 Å². The molecule has 2 saturated heterocycles. The third-order valence-corrected chi connectivity index (χ3v) is 5.46. The van der Waals surface area contributed by atoms with Gasteiger partial charge in [0.1, 0.15) is 16.9 Å². The SMILES string of the molecule is COc1ccc(N2CN(C)C(=O)C23CCCN(C(=O)OC(C)(C)C)CC3)cc1. The summed E-state index contributed by atoms with van der Waals surface area (Å²) < 4.78 is 10.8. The quantitative estimate of drug-likeness (QED) is 0.778. The number of likely N-dealkylation sites (N-methyl/N-ethyl adjacent to an activating group) is 1. The maximum absolute atomic E-state index is 13.2. The lowest BCUT2D eigenvalue weighted by molar-refractivity contribution is -0.131. The van der Waals surface area contributed by atoms with Gasteiger partial charge in [-0.2, -0.15) is 0 Å². The predicted octanol–water partition coefficient (Wildman–Crippen LogP) is 3.09. The number of likely N-dealkylation sites (tertiary alicyclic amines) is 1. The molecule has 154 valence electrons. The van der Waals surface area contributed by atoms with Gasteiger partial charge in [-0.25, -0.2) is 4.79 Å². The molecule has 0 N–H and O–H groups in total. The van der Waals surface area contributed by atoms with Gasteiger partial charge >= 0.3 is 6.09 Å². The molecule has 1 aromatic rings. The van der Waals surface area contributed by atoms with Crippen LogP contribution in [0.3, 0.4) is 0 Å². The van der Waals surface area contributed by atoms with E-state index in [-0.39, 0.29) is 12.0 Å². The molecule has 0 saturated carbocycles. The first kappa shape index (κ1) is 20.3. The Hall–Kier alpha value is -2.44. The van der Waals surface area contributed by atoms with Crippen LogP contribution >= 0.6 is 0 Å². The standard InChI is InChI=1S/C21H31N3O4/c1-20(2,3)28-19(26)23-13-6-11-21(12-14-23)18(25)22(4)15-24(21)16-7-9-17(27-5)10-8-16/h7-10H,6,11-15H2,1-5H3. The molecular weight excluding hydrogens is 358 g/mol. The van der Waals surface area contributed by atoms with Gasteiger partial charge in [0.2, 0.25) is 5.91 Å². The number of nitrogens with zero attached hydrogens (tertiary/aromatic N) is 3. The minimum Gasteiger partial charge on any atom is -0.497 e. The summed E-state index contributed by atoms with van der Waals surface area (Å²) in [5, 5.41) is 0. The van der Waals surface area contributed by atoms with Crippen molar-refractivity contribution >= 4 is 17.7 Å². The van der Waals surface area contributed by atoms with Crippen molar-refractivity contribution in [1.82, 2.24) is 9.80 Å². The molecular formula is C21H31N3O4. The van der Waals surface area contributed by atoms with Gasteiger partial charge in [0.05, 0.1) is 13.8 Å². The summed E-state index contributed by atoms with van der Waals surface area (Å²) in [6.07, 6.45) is 1.74. The summed E-state index contributed by atoms with van der Waals surface area (Å²) in [5.74, 6) is 0.906. The van der Waals surface area contributed by atoms with Gasteiger partial charge in [0.25, 0.3) is 0 Å². The zero-order valence-electron chi connectivity index (χ0n) is 17.5. The molecule has 2 fully saturated rings. The van der Waals surface area contributed by atoms with Crippen molar-refractivity contribution in [3.63, 3.8) is 0 Å². The van der Waals surface area contributed by atoms with E-state index in [4.69, 9.17) is 9.47 Å². The minimum absolute atomic E-state index is 0.120. The van der Waals surface area contributed by atoms with E-state index in [1.165, 1.54) is 0 Å². The molecule has 1 spiro atoms. The van der Waals surface area contributed by atoms with Crippen LogP contribution in [0.25, 0.3) is 0 Å². The van der Waals surface area contributed by atoms with E-state index in [1.807, 2.05) is 52.1 Å². The average molecular weight is 389 g/mol. The fourth-order valence-corrected chi connectivity index (χ4v) is 4.09. The van der Waals surface area contributed by atoms with Crippen molar-refractivity contribution in [3.05, 3.63) is 24.3 Å². The summed E-state index contributed by atoms with van der Waals surface area (Å²) >= 11 is 0. The second-order valence-corrected chi connectivity index (χ2v) is 8.62. The van der Waals surface area contributed by atoms with Crippen molar-refractivity contribution < 1.29 is 19.1 Å². The first-order chi connectivity index (χ1) is 13.2. The molecule has 28 heavy (non-hydrogen) atoms. The zero-order valence-corrected chi connectivity index (χ0v) is 17.5. The van der Waals surface area contributed by atoms with Crippen LogP contribution in [-0.2, 0) is 9.53 Å². The fraction of sp³-hybridized carbons (Fsp3) is 0.619. The van der Waals surface area contributed by atoms with Gasteiger partial charge in [-0.15, -0.1) is 0 Å². The Labute approximate surface area is 167 Å². The van der Waals surface area contributed by atoms with E-state index in [2.05, 4.69) is 4.90 Å². The molecule has 0 aliphatic carbocycles. The average Bonchev–Trinajstić information content (AvgIpc) is 2.80. The van der Waals surface area contributed by atoms with Gasteiger partial charge in [0.15, 0.2) is 0 Å². The number of amides is 2.